The van der Waals surface area contributed by atoms with Gasteiger partial charge in [-0.25, -0.2) is 4.98 Å². The molecule has 3 aromatic rings. The van der Waals surface area contributed by atoms with Gasteiger partial charge in [-0.1, -0.05) is 17.4 Å². The SMILES string of the molecule is COc1ccc(C)c2sc(N(CC3CCCO3)C(=O)c3ccc(Br)s3)nc12. The van der Waals surface area contributed by atoms with Gasteiger partial charge in [-0.3, -0.25) is 9.69 Å². The number of amides is 1. The van der Waals surface area contributed by atoms with Crippen LogP contribution >= 0.6 is 38.6 Å². The Bertz CT molecular complexity index is 979. The van der Waals surface area contributed by atoms with Crippen LogP contribution in [-0.2, 0) is 4.74 Å². The summed E-state index contributed by atoms with van der Waals surface area (Å²) in [5.41, 5.74) is 1.92. The molecule has 0 bridgehead atoms. The molecule has 1 fully saturated rings. The molecule has 0 aliphatic carbocycles. The number of fused-ring (bicyclic) bond motifs is 1. The van der Waals surface area contributed by atoms with Crippen molar-refractivity contribution in [3.05, 3.63) is 38.5 Å². The number of rotatable bonds is 5. The zero-order valence-electron chi connectivity index (χ0n) is 15.0. The largest absolute Gasteiger partial charge is 0.494 e. The van der Waals surface area contributed by atoms with E-state index in [2.05, 4.69) is 15.9 Å². The highest BCUT2D eigenvalue weighted by atomic mass is 79.9. The zero-order valence-corrected chi connectivity index (χ0v) is 18.2. The lowest BCUT2D eigenvalue weighted by Gasteiger charge is -2.22. The minimum absolute atomic E-state index is 0.0446. The molecule has 1 aliphatic heterocycles. The van der Waals surface area contributed by atoms with Crippen LogP contribution in [0, 0.1) is 6.92 Å². The summed E-state index contributed by atoms with van der Waals surface area (Å²) >= 11 is 6.40. The van der Waals surface area contributed by atoms with Gasteiger partial charge in [-0.2, -0.15) is 0 Å². The third kappa shape index (κ3) is 3.76. The molecule has 5 nitrogen and oxygen atoms in total. The van der Waals surface area contributed by atoms with E-state index in [9.17, 15) is 4.79 Å². The van der Waals surface area contributed by atoms with E-state index in [1.54, 1.807) is 12.0 Å². The van der Waals surface area contributed by atoms with Gasteiger partial charge in [0.1, 0.15) is 11.3 Å². The van der Waals surface area contributed by atoms with Crippen LogP contribution in [0.1, 0.15) is 28.1 Å². The fourth-order valence-corrected chi connectivity index (χ4v) is 5.57. The smallest absolute Gasteiger partial charge is 0.270 e. The fourth-order valence-electron chi connectivity index (χ4n) is 3.18. The Morgan fingerprint density at radius 1 is 1.37 bits per heavy atom. The normalized spacial score (nSPS) is 16.8. The number of halogens is 1. The van der Waals surface area contributed by atoms with Crippen molar-refractivity contribution < 1.29 is 14.3 Å². The van der Waals surface area contributed by atoms with Crippen molar-refractivity contribution in [2.24, 2.45) is 0 Å². The highest BCUT2D eigenvalue weighted by Gasteiger charge is 2.28. The first-order valence-corrected chi connectivity index (χ1v) is 11.1. The summed E-state index contributed by atoms with van der Waals surface area (Å²) in [7, 11) is 1.64. The maximum atomic E-state index is 13.3. The number of carbonyl (C=O) groups is 1. The molecular weight excluding hydrogens is 448 g/mol. The number of aromatic nitrogens is 1. The van der Waals surface area contributed by atoms with Crippen molar-refractivity contribution >= 4 is 59.9 Å². The maximum absolute atomic E-state index is 13.3. The van der Waals surface area contributed by atoms with E-state index in [1.165, 1.54) is 22.7 Å². The molecule has 1 aromatic carbocycles. The van der Waals surface area contributed by atoms with Gasteiger partial charge in [0.2, 0.25) is 0 Å². The summed E-state index contributed by atoms with van der Waals surface area (Å²) in [5, 5.41) is 0.683. The number of carbonyl (C=O) groups excluding carboxylic acids is 1. The Kier molecular flexibility index (Phi) is 5.50. The number of thiazole rings is 1. The summed E-state index contributed by atoms with van der Waals surface area (Å²) in [6.45, 7) is 3.31. The Balaban J connectivity index is 1.76. The van der Waals surface area contributed by atoms with Crippen molar-refractivity contribution in [1.82, 2.24) is 4.98 Å². The maximum Gasteiger partial charge on any atom is 0.270 e. The average molecular weight is 467 g/mol. The van der Waals surface area contributed by atoms with E-state index >= 15 is 0 Å². The standard InChI is InChI=1S/C19H19BrN2O3S2/c1-11-5-6-13(24-2)16-17(11)27-19(21-16)22(10-12-4-3-9-25-12)18(23)14-7-8-15(20)26-14/h5-8,12H,3-4,9-10H2,1-2H3. The highest BCUT2D eigenvalue weighted by Crippen LogP contribution is 2.37. The Morgan fingerprint density at radius 3 is 2.89 bits per heavy atom. The molecule has 1 saturated heterocycles. The number of thiophene rings is 1. The predicted molar refractivity (Wildman–Crippen MR) is 114 cm³/mol. The van der Waals surface area contributed by atoms with Crippen molar-refractivity contribution in [2.75, 3.05) is 25.2 Å². The van der Waals surface area contributed by atoms with Crippen LogP contribution in [0.15, 0.2) is 28.1 Å². The monoisotopic (exact) mass is 466 g/mol. The summed E-state index contributed by atoms with van der Waals surface area (Å²) < 4.78 is 13.2. The lowest BCUT2D eigenvalue weighted by molar-refractivity contribution is 0.0920. The minimum atomic E-state index is -0.0446. The summed E-state index contributed by atoms with van der Waals surface area (Å²) in [6, 6.07) is 7.68. The van der Waals surface area contributed by atoms with Gasteiger partial charge in [0.25, 0.3) is 5.91 Å². The third-order valence-corrected chi connectivity index (χ3v) is 7.41. The van der Waals surface area contributed by atoms with E-state index in [1.807, 2.05) is 31.2 Å². The third-order valence-electron chi connectivity index (χ3n) is 4.58. The van der Waals surface area contributed by atoms with Crippen molar-refractivity contribution in [1.29, 1.82) is 0 Å². The van der Waals surface area contributed by atoms with Gasteiger partial charge in [-0.15, -0.1) is 11.3 Å². The number of aryl methyl sites for hydroxylation is 1. The van der Waals surface area contributed by atoms with Gasteiger partial charge < -0.3 is 9.47 Å². The number of methoxy groups -OCH3 is 1. The van der Waals surface area contributed by atoms with Gasteiger partial charge in [0.15, 0.2) is 5.13 Å². The van der Waals surface area contributed by atoms with E-state index in [-0.39, 0.29) is 12.0 Å². The highest BCUT2D eigenvalue weighted by molar-refractivity contribution is 9.11. The Labute approximate surface area is 174 Å². The topological polar surface area (TPSA) is 51.7 Å². The fraction of sp³-hybridized carbons (Fsp3) is 0.368. The predicted octanol–water partition coefficient (Wildman–Crippen LogP) is 5.26. The van der Waals surface area contributed by atoms with Crippen molar-refractivity contribution in [2.45, 2.75) is 25.9 Å². The number of benzene rings is 1. The van der Waals surface area contributed by atoms with Crippen LogP contribution in [0.2, 0.25) is 0 Å². The first kappa shape index (κ1) is 18.9. The molecule has 4 rings (SSSR count). The molecule has 8 heteroatoms. The minimum Gasteiger partial charge on any atom is -0.494 e. The molecule has 1 unspecified atom stereocenters. The van der Waals surface area contributed by atoms with Crippen LogP contribution in [0.3, 0.4) is 0 Å². The second kappa shape index (κ2) is 7.87. The number of anilines is 1. The average Bonchev–Trinajstić information content (AvgIpc) is 3.40. The van der Waals surface area contributed by atoms with E-state index in [0.717, 1.165) is 44.8 Å². The van der Waals surface area contributed by atoms with Crippen LogP contribution < -0.4 is 9.64 Å². The van der Waals surface area contributed by atoms with Gasteiger partial charge in [0.05, 0.1) is 33.1 Å². The molecule has 142 valence electrons. The van der Waals surface area contributed by atoms with Crippen LogP contribution in [0.5, 0.6) is 5.75 Å². The first-order chi connectivity index (χ1) is 13.1. The molecule has 1 aliphatic rings. The zero-order chi connectivity index (χ0) is 19.0. The van der Waals surface area contributed by atoms with E-state index in [0.29, 0.717) is 16.6 Å². The van der Waals surface area contributed by atoms with Gasteiger partial charge >= 0.3 is 0 Å². The number of nitrogens with zero attached hydrogens (tertiary/aromatic N) is 2. The Morgan fingerprint density at radius 2 is 2.22 bits per heavy atom. The molecule has 1 atom stereocenters. The van der Waals surface area contributed by atoms with Crippen molar-refractivity contribution in [3.8, 4) is 5.75 Å². The molecule has 0 radical (unpaired) electrons. The van der Waals surface area contributed by atoms with E-state index in [4.69, 9.17) is 14.5 Å². The van der Waals surface area contributed by atoms with Crippen LogP contribution in [-0.4, -0.2) is 37.3 Å². The van der Waals surface area contributed by atoms with Gasteiger partial charge in [-0.05, 0) is 59.5 Å². The molecule has 0 saturated carbocycles. The van der Waals surface area contributed by atoms with Gasteiger partial charge in [0, 0.05) is 6.61 Å². The van der Waals surface area contributed by atoms with Crippen molar-refractivity contribution in [3.63, 3.8) is 0 Å². The van der Waals surface area contributed by atoms with E-state index < -0.39 is 0 Å². The molecule has 1 amide bonds. The lowest BCUT2D eigenvalue weighted by Crippen LogP contribution is -2.37. The molecule has 2 aromatic heterocycles. The number of ether oxygens (including phenoxy) is 2. The van der Waals surface area contributed by atoms with Crippen LogP contribution in [0.25, 0.3) is 10.2 Å². The molecule has 27 heavy (non-hydrogen) atoms. The molecule has 0 N–H and O–H groups in total. The second-order valence-corrected chi connectivity index (χ2v) is 9.85. The Hall–Kier alpha value is -1.48. The number of hydrogen-bond acceptors (Lipinski definition) is 6. The number of hydrogen-bond donors (Lipinski definition) is 0. The first-order valence-electron chi connectivity index (χ1n) is 8.69. The quantitative estimate of drug-likeness (QED) is 0.514. The lowest BCUT2D eigenvalue weighted by atomic mass is 10.2. The van der Waals surface area contributed by atoms with Crippen LogP contribution in [0.4, 0.5) is 5.13 Å². The summed E-state index contributed by atoms with van der Waals surface area (Å²) in [6.07, 6.45) is 2.04. The molecule has 3 heterocycles. The second-order valence-electron chi connectivity index (χ2n) is 6.41. The summed E-state index contributed by atoms with van der Waals surface area (Å²) in [5.74, 6) is 0.679. The molecular formula is C19H19BrN2O3S2. The summed E-state index contributed by atoms with van der Waals surface area (Å²) in [4.78, 5) is 20.5. The molecule has 0 spiro atoms.